The van der Waals surface area contributed by atoms with Crippen LogP contribution in [0.5, 0.6) is 0 Å². The van der Waals surface area contributed by atoms with Crippen LogP contribution in [-0.2, 0) is 0 Å². The third kappa shape index (κ3) is 1.51. The Labute approximate surface area is 112 Å². The van der Waals surface area contributed by atoms with Crippen molar-refractivity contribution in [1.82, 2.24) is 0 Å². The summed E-state index contributed by atoms with van der Waals surface area (Å²) in [6.45, 7) is 10.5. The van der Waals surface area contributed by atoms with E-state index in [1.54, 1.807) is 0 Å². The molecule has 1 heterocycles. The number of hydrogen-bond donors (Lipinski definition) is 0. The second kappa shape index (κ2) is 3.96. The maximum atomic E-state index is 3.94. The van der Waals surface area contributed by atoms with Crippen LogP contribution >= 0.6 is 11.3 Å². The summed E-state index contributed by atoms with van der Waals surface area (Å²) in [5.74, 6) is 0. The largest absolute Gasteiger partial charge is 0.135 e. The maximum Gasteiger partial charge on any atom is 0.0361 e. The topological polar surface area (TPSA) is 0 Å². The standard InChI is InChI=1S/C17H16S/c1-5-13-11(3)9-16-17(12(13)4)14-7-6-10(2)8-15(14)18-16/h5-9H,1H2,2-4H3. The van der Waals surface area contributed by atoms with Gasteiger partial charge in [0.1, 0.15) is 0 Å². The lowest BCUT2D eigenvalue weighted by atomic mass is 9.97. The minimum absolute atomic E-state index is 1.28. The Kier molecular flexibility index (Phi) is 2.53. The smallest absolute Gasteiger partial charge is 0.0361 e. The molecule has 0 aliphatic carbocycles. The van der Waals surface area contributed by atoms with Gasteiger partial charge in [-0.2, -0.15) is 0 Å². The summed E-state index contributed by atoms with van der Waals surface area (Å²) in [5.41, 5.74) is 5.28. The van der Waals surface area contributed by atoms with Crippen LogP contribution in [0, 0.1) is 20.8 Å². The van der Waals surface area contributed by atoms with E-state index in [0.29, 0.717) is 0 Å². The van der Waals surface area contributed by atoms with Gasteiger partial charge in [-0.1, -0.05) is 24.8 Å². The zero-order valence-corrected chi connectivity index (χ0v) is 11.8. The van der Waals surface area contributed by atoms with Crippen LogP contribution < -0.4 is 0 Å². The van der Waals surface area contributed by atoms with Crippen LogP contribution in [0.4, 0.5) is 0 Å². The van der Waals surface area contributed by atoms with Gasteiger partial charge in [0.25, 0.3) is 0 Å². The summed E-state index contributed by atoms with van der Waals surface area (Å²) >= 11 is 1.89. The Morgan fingerprint density at radius 2 is 1.83 bits per heavy atom. The van der Waals surface area contributed by atoms with Crippen molar-refractivity contribution in [2.75, 3.05) is 0 Å². The molecule has 0 amide bonds. The van der Waals surface area contributed by atoms with E-state index >= 15 is 0 Å². The van der Waals surface area contributed by atoms with E-state index < -0.39 is 0 Å². The average Bonchev–Trinajstić information content (AvgIpc) is 2.66. The molecule has 0 nitrogen and oxygen atoms in total. The van der Waals surface area contributed by atoms with Gasteiger partial charge in [-0.05, 0) is 55.2 Å². The molecule has 18 heavy (non-hydrogen) atoms. The quantitative estimate of drug-likeness (QED) is 0.527. The highest BCUT2D eigenvalue weighted by molar-refractivity contribution is 7.25. The molecule has 0 aliphatic rings. The third-order valence-corrected chi connectivity index (χ3v) is 4.73. The highest BCUT2D eigenvalue weighted by Crippen LogP contribution is 2.38. The molecule has 0 aliphatic heterocycles. The van der Waals surface area contributed by atoms with E-state index in [2.05, 4.69) is 51.6 Å². The zero-order valence-electron chi connectivity index (χ0n) is 11.0. The highest BCUT2D eigenvalue weighted by Gasteiger charge is 2.11. The Hall–Kier alpha value is -1.60. The van der Waals surface area contributed by atoms with Crippen molar-refractivity contribution >= 4 is 37.6 Å². The summed E-state index contributed by atoms with van der Waals surface area (Å²) in [5, 5.41) is 2.77. The lowest BCUT2D eigenvalue weighted by Crippen LogP contribution is -1.86. The molecule has 0 saturated carbocycles. The Morgan fingerprint density at radius 3 is 2.56 bits per heavy atom. The van der Waals surface area contributed by atoms with Gasteiger partial charge in [0, 0.05) is 20.2 Å². The number of aryl methyl sites for hydroxylation is 3. The molecule has 0 radical (unpaired) electrons. The predicted octanol–water partition coefficient (Wildman–Crippen LogP) is 5.62. The van der Waals surface area contributed by atoms with Gasteiger partial charge in [0.2, 0.25) is 0 Å². The first kappa shape index (κ1) is 11.5. The molecule has 0 fully saturated rings. The number of benzene rings is 2. The molecule has 1 aromatic heterocycles. The van der Waals surface area contributed by atoms with E-state index in [1.807, 2.05) is 17.4 Å². The van der Waals surface area contributed by atoms with Gasteiger partial charge in [-0.15, -0.1) is 11.3 Å². The Morgan fingerprint density at radius 1 is 1.06 bits per heavy atom. The molecule has 3 aromatic rings. The number of hydrogen-bond acceptors (Lipinski definition) is 1. The van der Waals surface area contributed by atoms with E-state index in [9.17, 15) is 0 Å². The second-order valence-electron chi connectivity index (χ2n) is 4.91. The molecule has 0 N–H and O–H groups in total. The SMILES string of the molecule is C=Cc1c(C)cc2sc3cc(C)ccc3c2c1C. The van der Waals surface area contributed by atoms with Crippen molar-refractivity contribution < 1.29 is 0 Å². The van der Waals surface area contributed by atoms with Crippen LogP contribution in [0.3, 0.4) is 0 Å². The van der Waals surface area contributed by atoms with Crippen molar-refractivity contribution in [2.45, 2.75) is 20.8 Å². The van der Waals surface area contributed by atoms with Crippen molar-refractivity contribution in [3.63, 3.8) is 0 Å². The molecule has 0 spiro atoms. The number of thiophene rings is 1. The van der Waals surface area contributed by atoms with Gasteiger partial charge in [0.15, 0.2) is 0 Å². The Bertz CT molecular complexity index is 775. The maximum absolute atomic E-state index is 3.94. The fourth-order valence-corrected chi connectivity index (χ4v) is 4.09. The van der Waals surface area contributed by atoms with Gasteiger partial charge in [-0.3, -0.25) is 0 Å². The van der Waals surface area contributed by atoms with Crippen molar-refractivity contribution in [3.8, 4) is 0 Å². The molecule has 1 heteroatoms. The zero-order chi connectivity index (χ0) is 12.9. The van der Waals surface area contributed by atoms with Crippen LogP contribution in [-0.4, -0.2) is 0 Å². The van der Waals surface area contributed by atoms with Crippen molar-refractivity contribution in [3.05, 3.63) is 53.1 Å². The van der Waals surface area contributed by atoms with Crippen LogP contribution in [0.25, 0.3) is 26.2 Å². The number of rotatable bonds is 1. The predicted molar refractivity (Wildman–Crippen MR) is 83.6 cm³/mol. The normalized spacial score (nSPS) is 11.3. The Balaban J connectivity index is 2.56. The summed E-state index contributed by atoms with van der Waals surface area (Å²) < 4.78 is 2.77. The first-order valence-electron chi connectivity index (χ1n) is 6.17. The minimum atomic E-state index is 1.28. The first-order valence-corrected chi connectivity index (χ1v) is 6.99. The molecule has 0 saturated heterocycles. The molecule has 0 unspecified atom stereocenters. The summed E-state index contributed by atoms with van der Waals surface area (Å²) in [6.07, 6.45) is 1.97. The van der Waals surface area contributed by atoms with Gasteiger partial charge in [-0.25, -0.2) is 0 Å². The van der Waals surface area contributed by atoms with E-state index in [0.717, 1.165) is 0 Å². The fraction of sp³-hybridized carbons (Fsp3) is 0.176. The molecule has 90 valence electrons. The monoisotopic (exact) mass is 252 g/mol. The molecular formula is C17H16S. The second-order valence-corrected chi connectivity index (χ2v) is 5.99. The van der Waals surface area contributed by atoms with E-state index in [1.165, 1.54) is 42.4 Å². The molecule has 0 atom stereocenters. The van der Waals surface area contributed by atoms with Crippen LogP contribution in [0.1, 0.15) is 22.3 Å². The molecule has 2 aromatic carbocycles. The summed E-state index contributed by atoms with van der Waals surface area (Å²) in [6, 6.07) is 9.02. The average molecular weight is 252 g/mol. The van der Waals surface area contributed by atoms with Gasteiger partial charge >= 0.3 is 0 Å². The molecular weight excluding hydrogens is 236 g/mol. The number of fused-ring (bicyclic) bond motifs is 3. The minimum Gasteiger partial charge on any atom is -0.135 e. The van der Waals surface area contributed by atoms with Gasteiger partial charge < -0.3 is 0 Å². The van der Waals surface area contributed by atoms with Crippen molar-refractivity contribution in [1.29, 1.82) is 0 Å². The molecule has 3 rings (SSSR count). The summed E-state index contributed by atoms with van der Waals surface area (Å²) in [4.78, 5) is 0. The highest BCUT2D eigenvalue weighted by atomic mass is 32.1. The van der Waals surface area contributed by atoms with Gasteiger partial charge in [0.05, 0.1) is 0 Å². The molecule has 0 bridgehead atoms. The van der Waals surface area contributed by atoms with Crippen LogP contribution in [0.15, 0.2) is 30.8 Å². The van der Waals surface area contributed by atoms with Crippen molar-refractivity contribution in [2.24, 2.45) is 0 Å². The lowest BCUT2D eigenvalue weighted by molar-refractivity contribution is 1.41. The third-order valence-electron chi connectivity index (χ3n) is 3.63. The lowest BCUT2D eigenvalue weighted by Gasteiger charge is -2.07. The van der Waals surface area contributed by atoms with E-state index in [4.69, 9.17) is 0 Å². The first-order chi connectivity index (χ1) is 8.61. The fourth-order valence-electron chi connectivity index (χ4n) is 2.73. The van der Waals surface area contributed by atoms with Crippen LogP contribution in [0.2, 0.25) is 0 Å². The summed E-state index contributed by atoms with van der Waals surface area (Å²) in [7, 11) is 0. The van der Waals surface area contributed by atoms with E-state index in [-0.39, 0.29) is 0 Å².